The lowest BCUT2D eigenvalue weighted by Crippen LogP contribution is -2.44. The first kappa shape index (κ1) is 21.1. The van der Waals surface area contributed by atoms with E-state index < -0.39 is 10.8 Å². The minimum atomic E-state index is -0.722. The molecule has 5 rings (SSSR count). The van der Waals surface area contributed by atoms with Crippen molar-refractivity contribution in [3.8, 4) is 0 Å². The van der Waals surface area contributed by atoms with Crippen molar-refractivity contribution in [2.24, 2.45) is 5.73 Å². The van der Waals surface area contributed by atoms with E-state index in [1.165, 1.54) is 17.5 Å². The molecule has 0 bridgehead atoms. The fourth-order valence-electron chi connectivity index (χ4n) is 4.70. The van der Waals surface area contributed by atoms with Gasteiger partial charge in [0.1, 0.15) is 10.7 Å². The quantitative estimate of drug-likeness (QED) is 0.707. The molecule has 3 aliphatic rings. The molecule has 1 aromatic carbocycles. The number of morpholine rings is 1. The molecular formula is C25H28N4O2S. The van der Waals surface area contributed by atoms with Crippen molar-refractivity contribution in [2.75, 3.05) is 31.2 Å². The number of carbonyl (C=O) groups is 1. The van der Waals surface area contributed by atoms with Gasteiger partial charge in [0, 0.05) is 25.0 Å². The molecule has 0 spiro atoms. The molecule has 0 saturated carbocycles. The number of amides is 1. The number of hydrogen-bond donors (Lipinski definition) is 2. The molecule has 1 aliphatic carbocycles. The van der Waals surface area contributed by atoms with E-state index in [4.69, 9.17) is 10.5 Å². The molecule has 1 saturated heterocycles. The third-order valence-electron chi connectivity index (χ3n) is 6.40. The van der Waals surface area contributed by atoms with E-state index in [9.17, 15) is 4.79 Å². The number of anilines is 1. The maximum atomic E-state index is 12.5. The summed E-state index contributed by atoms with van der Waals surface area (Å²) in [6.07, 6.45) is 10.8. The number of pyridine rings is 1. The highest BCUT2D eigenvalue weighted by Gasteiger charge is 2.40. The summed E-state index contributed by atoms with van der Waals surface area (Å²) < 4.78 is 5.47. The van der Waals surface area contributed by atoms with Crippen LogP contribution in [-0.4, -0.2) is 37.2 Å². The van der Waals surface area contributed by atoms with Crippen LogP contribution in [0.5, 0.6) is 0 Å². The molecule has 0 radical (unpaired) electrons. The van der Waals surface area contributed by atoms with Crippen molar-refractivity contribution in [3.63, 3.8) is 0 Å². The fraction of sp³-hybridized carbons (Fsp3) is 0.360. The van der Waals surface area contributed by atoms with Gasteiger partial charge in [-0.05, 0) is 72.0 Å². The van der Waals surface area contributed by atoms with E-state index in [0.29, 0.717) is 11.3 Å². The smallest absolute Gasteiger partial charge is 0.248 e. The molecule has 32 heavy (non-hydrogen) atoms. The number of nitrogens with two attached hydrogens (primary N) is 1. The summed E-state index contributed by atoms with van der Waals surface area (Å²) in [6, 6.07) is 10.8. The average molecular weight is 449 g/mol. The first-order valence-electron chi connectivity index (χ1n) is 11.1. The zero-order valence-electron chi connectivity index (χ0n) is 18.0. The lowest BCUT2D eigenvalue weighted by Gasteiger charge is -2.37. The van der Waals surface area contributed by atoms with Gasteiger partial charge < -0.3 is 20.7 Å². The molecule has 1 fully saturated rings. The van der Waals surface area contributed by atoms with E-state index in [1.54, 1.807) is 11.8 Å². The highest BCUT2D eigenvalue weighted by molar-refractivity contribution is 7.99. The number of ether oxygens (including phenoxy) is 1. The van der Waals surface area contributed by atoms with Gasteiger partial charge in [0.05, 0.1) is 18.8 Å². The Kier molecular flexibility index (Phi) is 5.93. The second kappa shape index (κ2) is 9.00. The molecule has 2 aromatic rings. The highest BCUT2D eigenvalue weighted by atomic mass is 32.2. The van der Waals surface area contributed by atoms with Crippen molar-refractivity contribution in [2.45, 2.75) is 29.9 Å². The molecule has 166 valence electrons. The Labute approximate surface area is 192 Å². The summed E-state index contributed by atoms with van der Waals surface area (Å²) in [5.74, 6) is 1.28. The van der Waals surface area contributed by atoms with Crippen LogP contribution in [0.3, 0.4) is 0 Å². The molecule has 3 heterocycles. The number of rotatable bonds is 6. The van der Waals surface area contributed by atoms with Crippen LogP contribution in [0.25, 0.3) is 0 Å². The number of allylic oxidation sites excluding steroid dienone is 2. The Morgan fingerprint density at radius 1 is 1.19 bits per heavy atom. The van der Waals surface area contributed by atoms with E-state index in [-0.39, 0.29) is 0 Å². The molecule has 1 atom stereocenters. The van der Waals surface area contributed by atoms with Crippen LogP contribution in [-0.2, 0) is 33.0 Å². The fourth-order valence-corrected chi connectivity index (χ4v) is 6.03. The van der Waals surface area contributed by atoms with Crippen LogP contribution in [0, 0.1) is 0 Å². The number of dihydropyridines is 1. The molecule has 2 aliphatic heterocycles. The third kappa shape index (κ3) is 4.02. The van der Waals surface area contributed by atoms with Gasteiger partial charge in [-0.3, -0.25) is 4.79 Å². The lowest BCUT2D eigenvalue weighted by atomic mass is 9.93. The van der Waals surface area contributed by atoms with E-state index in [1.807, 2.05) is 30.6 Å². The van der Waals surface area contributed by atoms with Crippen molar-refractivity contribution in [1.29, 1.82) is 0 Å². The zero-order valence-corrected chi connectivity index (χ0v) is 18.9. The second-order valence-electron chi connectivity index (χ2n) is 8.38. The minimum absolute atomic E-state index is 0.404. The summed E-state index contributed by atoms with van der Waals surface area (Å²) in [6.45, 7) is 3.16. The Morgan fingerprint density at radius 2 is 2.03 bits per heavy atom. The maximum Gasteiger partial charge on any atom is 0.248 e. The van der Waals surface area contributed by atoms with Gasteiger partial charge in [-0.2, -0.15) is 0 Å². The van der Waals surface area contributed by atoms with Crippen molar-refractivity contribution in [1.82, 2.24) is 10.3 Å². The number of nitrogens with zero attached hydrogens (tertiary/aromatic N) is 2. The van der Waals surface area contributed by atoms with Crippen LogP contribution in [0.2, 0.25) is 0 Å². The Balaban J connectivity index is 1.45. The topological polar surface area (TPSA) is 80.5 Å². The number of aromatic nitrogens is 1. The van der Waals surface area contributed by atoms with Gasteiger partial charge in [0.15, 0.2) is 0 Å². The number of primary amides is 1. The summed E-state index contributed by atoms with van der Waals surface area (Å²) in [5.41, 5.74) is 11.5. The molecule has 3 N–H and O–H groups in total. The van der Waals surface area contributed by atoms with E-state index >= 15 is 0 Å². The van der Waals surface area contributed by atoms with Gasteiger partial charge in [-0.25, -0.2) is 4.98 Å². The Morgan fingerprint density at radius 3 is 2.88 bits per heavy atom. The molecule has 6 nitrogen and oxygen atoms in total. The molecule has 1 unspecified atom stereocenters. The molecular weight excluding hydrogens is 420 g/mol. The van der Waals surface area contributed by atoms with Crippen molar-refractivity contribution < 1.29 is 9.53 Å². The predicted octanol–water partition coefficient (Wildman–Crippen LogP) is 3.02. The normalized spacial score (nSPS) is 22.2. The first-order chi connectivity index (χ1) is 15.7. The zero-order chi connectivity index (χ0) is 22.0. The second-order valence-corrected chi connectivity index (χ2v) is 9.57. The Hall–Kier alpha value is -2.77. The molecule has 1 aromatic heterocycles. The SMILES string of the molecule is NC(=O)C1=CC=CNC1(SCc1ccnc(N2CCOCC2)c1)c1ccc2c(c1)CCC2. The summed E-state index contributed by atoms with van der Waals surface area (Å²) >= 11 is 1.69. The van der Waals surface area contributed by atoms with Crippen LogP contribution >= 0.6 is 11.8 Å². The van der Waals surface area contributed by atoms with E-state index in [0.717, 1.165) is 56.1 Å². The monoisotopic (exact) mass is 448 g/mol. The summed E-state index contributed by atoms with van der Waals surface area (Å²) in [4.78, 5) is 18.6. The standard InChI is InChI=1S/C25H28N4O2S/c26-24(30)22-5-2-9-28-25(22,21-7-6-19-3-1-4-20(19)16-21)32-17-18-8-10-27-23(15-18)29-11-13-31-14-12-29/h2,5-10,15-16,28H,1,3-4,11-14,17H2,(H2,26,30). The predicted molar refractivity (Wildman–Crippen MR) is 128 cm³/mol. The average Bonchev–Trinajstić information content (AvgIpc) is 3.32. The van der Waals surface area contributed by atoms with Crippen molar-refractivity contribution in [3.05, 3.63) is 82.7 Å². The number of hydrogen-bond acceptors (Lipinski definition) is 6. The van der Waals surface area contributed by atoms with E-state index in [2.05, 4.69) is 39.5 Å². The van der Waals surface area contributed by atoms with Gasteiger partial charge in [-0.15, -0.1) is 11.8 Å². The highest BCUT2D eigenvalue weighted by Crippen LogP contribution is 2.45. The maximum absolute atomic E-state index is 12.5. The number of nitrogens with one attached hydrogen (secondary N) is 1. The lowest BCUT2D eigenvalue weighted by molar-refractivity contribution is -0.115. The van der Waals surface area contributed by atoms with Gasteiger partial charge in [0.25, 0.3) is 0 Å². The van der Waals surface area contributed by atoms with Gasteiger partial charge in [0.2, 0.25) is 5.91 Å². The minimum Gasteiger partial charge on any atom is -0.378 e. The summed E-state index contributed by atoms with van der Waals surface area (Å²) in [7, 11) is 0. The largest absolute Gasteiger partial charge is 0.378 e. The molecule has 1 amide bonds. The van der Waals surface area contributed by atoms with Crippen LogP contribution in [0.1, 0.15) is 28.7 Å². The Bertz CT molecular complexity index is 1080. The third-order valence-corrected chi connectivity index (χ3v) is 7.88. The number of thioether (sulfide) groups is 1. The summed E-state index contributed by atoms with van der Waals surface area (Å²) in [5, 5.41) is 3.49. The number of carbonyl (C=O) groups excluding carboxylic acids is 1. The molecule has 7 heteroatoms. The van der Waals surface area contributed by atoms with Crippen LogP contribution < -0.4 is 16.0 Å². The van der Waals surface area contributed by atoms with Gasteiger partial charge >= 0.3 is 0 Å². The van der Waals surface area contributed by atoms with Crippen LogP contribution in [0.15, 0.2) is 60.5 Å². The first-order valence-corrected chi connectivity index (χ1v) is 12.1. The number of benzene rings is 1. The number of fused-ring (bicyclic) bond motifs is 1. The van der Waals surface area contributed by atoms with Gasteiger partial charge in [-0.1, -0.05) is 18.2 Å². The van der Waals surface area contributed by atoms with Crippen LogP contribution in [0.4, 0.5) is 5.82 Å². The number of aryl methyl sites for hydroxylation is 2. The van der Waals surface area contributed by atoms with Crippen molar-refractivity contribution >= 4 is 23.5 Å².